The zero-order valence-corrected chi connectivity index (χ0v) is 15.6. The zero-order chi connectivity index (χ0) is 18.7. The van der Waals surface area contributed by atoms with E-state index in [0.717, 1.165) is 32.1 Å². The Morgan fingerprint density at radius 3 is 2.38 bits per heavy atom. The highest BCUT2D eigenvalue weighted by molar-refractivity contribution is 7.89. The van der Waals surface area contributed by atoms with Crippen molar-refractivity contribution in [2.45, 2.75) is 62.0 Å². The standard InChI is InChI=1S/C19H25NO5S/c1-12(18-7-13-6-14(8-18)10-19(23,9-13)11-18)20-26(24,25)16-5-3-2-4-15(16)17(21)22/h2-5,12-14,20,23H,6-11H2,1H3,(H,21,22). The summed E-state index contributed by atoms with van der Waals surface area (Å²) in [4.78, 5) is 11.2. The predicted molar refractivity (Wildman–Crippen MR) is 95.2 cm³/mol. The summed E-state index contributed by atoms with van der Waals surface area (Å²) < 4.78 is 28.5. The Hall–Kier alpha value is -1.44. The molecule has 0 spiro atoms. The van der Waals surface area contributed by atoms with Gasteiger partial charge in [-0.3, -0.25) is 0 Å². The molecular formula is C19H25NO5S. The van der Waals surface area contributed by atoms with Crippen LogP contribution >= 0.6 is 0 Å². The number of hydrogen-bond donors (Lipinski definition) is 3. The molecule has 1 aromatic rings. The van der Waals surface area contributed by atoms with Crippen molar-refractivity contribution < 1.29 is 23.4 Å². The molecule has 0 heterocycles. The number of aliphatic hydroxyl groups is 1. The van der Waals surface area contributed by atoms with Crippen LogP contribution in [0.2, 0.25) is 0 Å². The van der Waals surface area contributed by atoms with Crippen LogP contribution in [-0.2, 0) is 10.0 Å². The van der Waals surface area contributed by atoms with Crippen molar-refractivity contribution in [2.75, 3.05) is 0 Å². The smallest absolute Gasteiger partial charge is 0.337 e. The molecule has 0 aromatic heterocycles. The predicted octanol–water partition coefficient (Wildman–Crippen LogP) is 2.38. The third kappa shape index (κ3) is 2.86. The summed E-state index contributed by atoms with van der Waals surface area (Å²) in [7, 11) is -3.96. The first kappa shape index (κ1) is 17.9. The third-order valence-corrected chi connectivity index (χ3v) is 8.33. The number of hydrogen-bond acceptors (Lipinski definition) is 4. The molecule has 4 aliphatic carbocycles. The van der Waals surface area contributed by atoms with E-state index in [0.29, 0.717) is 18.3 Å². The fourth-order valence-electron chi connectivity index (χ4n) is 6.09. The molecule has 1 aromatic carbocycles. The first-order valence-corrected chi connectivity index (χ1v) is 10.7. The number of rotatable bonds is 5. The number of carboxylic acids is 1. The van der Waals surface area contributed by atoms with Crippen LogP contribution in [0.1, 0.15) is 55.8 Å². The second-order valence-corrected chi connectivity index (χ2v) is 10.4. The van der Waals surface area contributed by atoms with Gasteiger partial charge in [0.05, 0.1) is 16.1 Å². The van der Waals surface area contributed by atoms with Gasteiger partial charge in [0.25, 0.3) is 0 Å². The summed E-state index contributed by atoms with van der Waals surface area (Å²) in [5.41, 5.74) is -1.14. The molecule has 3 unspecified atom stereocenters. The molecule has 4 saturated carbocycles. The van der Waals surface area contributed by atoms with E-state index in [4.69, 9.17) is 0 Å². The molecular weight excluding hydrogens is 354 g/mol. The summed E-state index contributed by atoms with van der Waals surface area (Å²) in [6, 6.07) is 5.31. The maximum Gasteiger partial charge on any atom is 0.337 e. The van der Waals surface area contributed by atoms with E-state index in [-0.39, 0.29) is 21.9 Å². The van der Waals surface area contributed by atoms with E-state index in [1.807, 2.05) is 6.92 Å². The highest BCUT2D eigenvalue weighted by Crippen LogP contribution is 2.62. The Labute approximate surface area is 153 Å². The Morgan fingerprint density at radius 2 is 1.81 bits per heavy atom. The summed E-state index contributed by atoms with van der Waals surface area (Å²) in [5, 5.41) is 20.2. The van der Waals surface area contributed by atoms with E-state index in [1.165, 1.54) is 24.3 Å². The summed E-state index contributed by atoms with van der Waals surface area (Å²) in [6.45, 7) is 1.86. The van der Waals surface area contributed by atoms with Gasteiger partial charge in [-0.1, -0.05) is 12.1 Å². The van der Waals surface area contributed by atoms with Crippen molar-refractivity contribution in [1.29, 1.82) is 0 Å². The molecule has 142 valence electrons. The lowest BCUT2D eigenvalue weighted by molar-refractivity contribution is -0.170. The molecule has 0 amide bonds. The fourth-order valence-corrected chi connectivity index (χ4v) is 7.63. The SMILES string of the molecule is CC(NS(=O)(=O)c1ccccc1C(=O)O)C12CC3CC(CC(O)(C3)C1)C2. The molecule has 5 rings (SSSR count). The normalized spacial score (nSPS) is 36.8. The lowest BCUT2D eigenvalue weighted by Gasteiger charge is -2.62. The van der Waals surface area contributed by atoms with Crippen molar-refractivity contribution in [2.24, 2.45) is 17.3 Å². The van der Waals surface area contributed by atoms with E-state index in [1.54, 1.807) is 0 Å². The van der Waals surface area contributed by atoms with Gasteiger partial charge < -0.3 is 10.2 Å². The molecule has 4 aliphatic rings. The first-order valence-electron chi connectivity index (χ1n) is 9.20. The van der Waals surface area contributed by atoms with Crippen molar-refractivity contribution >= 4 is 16.0 Å². The van der Waals surface area contributed by atoms with Crippen LogP contribution < -0.4 is 4.72 Å². The van der Waals surface area contributed by atoms with Gasteiger partial charge in [0, 0.05) is 6.04 Å². The summed E-state index contributed by atoms with van der Waals surface area (Å²) in [5.74, 6) is -0.346. The molecule has 26 heavy (non-hydrogen) atoms. The van der Waals surface area contributed by atoms with Crippen LogP contribution in [0.3, 0.4) is 0 Å². The van der Waals surface area contributed by atoms with Crippen molar-refractivity contribution in [1.82, 2.24) is 4.72 Å². The van der Waals surface area contributed by atoms with Gasteiger partial charge in [0.1, 0.15) is 0 Å². The molecule has 6 nitrogen and oxygen atoms in total. The molecule has 3 N–H and O–H groups in total. The molecule has 3 atom stereocenters. The van der Waals surface area contributed by atoms with Crippen LogP contribution in [-0.4, -0.2) is 36.2 Å². The first-order chi connectivity index (χ1) is 12.1. The third-order valence-electron chi connectivity index (χ3n) is 6.73. The maximum absolute atomic E-state index is 12.9. The number of sulfonamides is 1. The molecule has 0 aliphatic heterocycles. The molecule has 4 fully saturated rings. The Morgan fingerprint density at radius 1 is 1.19 bits per heavy atom. The topological polar surface area (TPSA) is 104 Å². The van der Waals surface area contributed by atoms with Gasteiger partial charge in [-0.25, -0.2) is 17.9 Å². The largest absolute Gasteiger partial charge is 0.478 e. The number of nitrogens with one attached hydrogen (secondary N) is 1. The number of carboxylic acid groups (broad SMARTS) is 1. The zero-order valence-electron chi connectivity index (χ0n) is 14.8. The Kier molecular flexibility index (Phi) is 3.99. The monoisotopic (exact) mass is 379 g/mol. The number of carbonyl (C=O) groups is 1. The van der Waals surface area contributed by atoms with Crippen LogP contribution in [0.5, 0.6) is 0 Å². The highest BCUT2D eigenvalue weighted by Gasteiger charge is 2.59. The van der Waals surface area contributed by atoms with Crippen molar-refractivity contribution in [3.05, 3.63) is 29.8 Å². The minimum absolute atomic E-state index is 0.206. The lowest BCUT2D eigenvalue weighted by atomic mass is 9.46. The maximum atomic E-state index is 12.9. The average Bonchev–Trinajstić information content (AvgIpc) is 2.52. The van der Waals surface area contributed by atoms with Gasteiger partial charge in [-0.2, -0.15) is 0 Å². The summed E-state index contributed by atoms with van der Waals surface area (Å²) >= 11 is 0. The van der Waals surface area contributed by atoms with Crippen molar-refractivity contribution in [3.8, 4) is 0 Å². The Bertz CT molecular complexity index is 835. The quantitative estimate of drug-likeness (QED) is 0.729. The Balaban J connectivity index is 1.62. The van der Waals surface area contributed by atoms with Gasteiger partial charge in [-0.15, -0.1) is 0 Å². The minimum Gasteiger partial charge on any atom is -0.478 e. The molecule has 4 bridgehead atoms. The second kappa shape index (κ2) is 5.78. The minimum atomic E-state index is -3.96. The van der Waals surface area contributed by atoms with Gasteiger partial charge >= 0.3 is 5.97 Å². The fraction of sp³-hybridized carbons (Fsp3) is 0.632. The van der Waals surface area contributed by atoms with Gasteiger partial charge in [-0.05, 0) is 74.8 Å². The van der Waals surface area contributed by atoms with Crippen LogP contribution in [0, 0.1) is 17.3 Å². The average molecular weight is 379 g/mol. The van der Waals surface area contributed by atoms with Gasteiger partial charge in [0.15, 0.2) is 0 Å². The number of benzene rings is 1. The molecule has 0 radical (unpaired) electrons. The van der Waals surface area contributed by atoms with Crippen LogP contribution in [0.15, 0.2) is 29.2 Å². The van der Waals surface area contributed by atoms with E-state index in [2.05, 4.69) is 4.72 Å². The lowest BCUT2D eigenvalue weighted by Crippen LogP contribution is -2.61. The van der Waals surface area contributed by atoms with E-state index >= 15 is 0 Å². The second-order valence-electron chi connectivity index (χ2n) is 8.69. The van der Waals surface area contributed by atoms with E-state index in [9.17, 15) is 23.4 Å². The molecule has 7 heteroatoms. The van der Waals surface area contributed by atoms with Crippen molar-refractivity contribution in [3.63, 3.8) is 0 Å². The molecule has 0 saturated heterocycles. The van der Waals surface area contributed by atoms with Gasteiger partial charge in [0.2, 0.25) is 10.0 Å². The summed E-state index contributed by atoms with van der Waals surface area (Å²) in [6.07, 6.45) is 5.26. The highest BCUT2D eigenvalue weighted by atomic mass is 32.2. The van der Waals surface area contributed by atoms with E-state index < -0.39 is 21.6 Å². The number of aromatic carboxylic acids is 1. The van der Waals surface area contributed by atoms with Crippen LogP contribution in [0.4, 0.5) is 0 Å². The van der Waals surface area contributed by atoms with Crippen LogP contribution in [0.25, 0.3) is 0 Å².